The van der Waals surface area contributed by atoms with Crippen molar-refractivity contribution in [2.24, 2.45) is 0 Å². The van der Waals surface area contributed by atoms with Gasteiger partial charge in [0.25, 0.3) is 5.91 Å². The van der Waals surface area contributed by atoms with Crippen LogP contribution in [0.1, 0.15) is 44.0 Å². The number of benzene rings is 2. The number of anilines is 2. The quantitative estimate of drug-likeness (QED) is 0.367. The number of hydrogen-bond donors (Lipinski definition) is 1. The van der Waals surface area contributed by atoms with Crippen LogP contribution in [0.3, 0.4) is 0 Å². The van der Waals surface area contributed by atoms with Gasteiger partial charge in [0.15, 0.2) is 0 Å². The first-order valence-electron chi connectivity index (χ1n) is 13.1. The summed E-state index contributed by atoms with van der Waals surface area (Å²) in [4.78, 5) is 22.8. The largest absolute Gasteiger partial charge is 0.497 e. The fourth-order valence-electron chi connectivity index (χ4n) is 4.60. The van der Waals surface area contributed by atoms with Crippen LogP contribution in [-0.4, -0.2) is 50.7 Å². The Bertz CT molecular complexity index is 1270. The summed E-state index contributed by atoms with van der Waals surface area (Å²) in [5, 5.41) is 3.97. The summed E-state index contributed by atoms with van der Waals surface area (Å²) < 4.78 is 5.28. The highest BCUT2D eigenvalue weighted by atomic mass is 16.5. The first-order valence-corrected chi connectivity index (χ1v) is 13.1. The number of piperazine rings is 1. The van der Waals surface area contributed by atoms with Gasteiger partial charge in [-0.2, -0.15) is 0 Å². The molecule has 0 atom stereocenters. The minimum atomic E-state index is -0.0648. The zero-order valence-electron chi connectivity index (χ0n) is 22.5. The normalized spacial score (nSPS) is 14.0. The Labute approximate surface area is 220 Å². The van der Waals surface area contributed by atoms with E-state index in [-0.39, 0.29) is 5.91 Å². The molecule has 0 bridgehead atoms. The Morgan fingerprint density at radius 2 is 1.68 bits per heavy atom. The Morgan fingerprint density at radius 1 is 0.973 bits per heavy atom. The van der Waals surface area contributed by atoms with Gasteiger partial charge in [-0.1, -0.05) is 41.5 Å². The summed E-state index contributed by atoms with van der Waals surface area (Å²) in [6, 6.07) is 18.0. The van der Waals surface area contributed by atoms with Gasteiger partial charge in [0.05, 0.1) is 18.2 Å². The standard InChI is InChI=1S/C31H38N4O2/c1-23(2)8-7-9-24(3)16-17-32-31(36)28-22-30(33-29-11-6-5-10-27(28)29)35-20-18-34(19-21-35)25-12-14-26(37-4)15-13-25/h5-6,8,10-16,22H,7,9,17-21H2,1-4H3,(H,32,36)/b24-16+. The third-order valence-corrected chi connectivity index (χ3v) is 6.79. The molecule has 3 aromatic rings. The van der Waals surface area contributed by atoms with E-state index in [1.807, 2.05) is 42.5 Å². The lowest BCUT2D eigenvalue weighted by Gasteiger charge is -2.37. The summed E-state index contributed by atoms with van der Waals surface area (Å²) >= 11 is 0. The van der Waals surface area contributed by atoms with E-state index in [9.17, 15) is 4.79 Å². The number of amides is 1. The third-order valence-electron chi connectivity index (χ3n) is 6.79. The van der Waals surface area contributed by atoms with Crippen molar-refractivity contribution in [3.63, 3.8) is 0 Å². The van der Waals surface area contributed by atoms with Gasteiger partial charge in [0.2, 0.25) is 0 Å². The molecule has 1 aliphatic rings. The highest BCUT2D eigenvalue weighted by Gasteiger charge is 2.21. The van der Waals surface area contributed by atoms with Crippen LogP contribution in [0.4, 0.5) is 11.5 Å². The van der Waals surface area contributed by atoms with Crippen LogP contribution in [0.25, 0.3) is 10.9 Å². The molecular weight excluding hydrogens is 460 g/mol. The molecule has 6 heteroatoms. The van der Waals surface area contributed by atoms with E-state index < -0.39 is 0 Å². The number of nitrogens with zero attached hydrogens (tertiary/aromatic N) is 3. The highest BCUT2D eigenvalue weighted by Crippen LogP contribution is 2.26. The molecule has 1 fully saturated rings. The van der Waals surface area contributed by atoms with Crippen LogP contribution in [0, 0.1) is 0 Å². The van der Waals surface area contributed by atoms with Crippen molar-refractivity contribution in [1.29, 1.82) is 0 Å². The van der Waals surface area contributed by atoms with Crippen molar-refractivity contribution in [2.45, 2.75) is 33.6 Å². The molecule has 0 spiro atoms. The summed E-state index contributed by atoms with van der Waals surface area (Å²) in [6.07, 6.45) is 6.39. The molecule has 0 radical (unpaired) electrons. The van der Waals surface area contributed by atoms with Crippen LogP contribution < -0.4 is 19.9 Å². The zero-order valence-corrected chi connectivity index (χ0v) is 22.5. The third kappa shape index (κ3) is 6.91. The molecule has 0 saturated carbocycles. The van der Waals surface area contributed by atoms with Crippen molar-refractivity contribution in [2.75, 3.05) is 49.6 Å². The average Bonchev–Trinajstić information content (AvgIpc) is 2.92. The number of carbonyl (C=O) groups is 1. The summed E-state index contributed by atoms with van der Waals surface area (Å²) in [7, 11) is 1.68. The Morgan fingerprint density at radius 3 is 2.38 bits per heavy atom. The summed E-state index contributed by atoms with van der Waals surface area (Å²) in [5.41, 5.74) is 5.33. The number of rotatable bonds is 9. The van der Waals surface area contributed by atoms with Crippen LogP contribution in [0.5, 0.6) is 5.75 Å². The van der Waals surface area contributed by atoms with E-state index in [0.717, 1.165) is 61.5 Å². The van der Waals surface area contributed by atoms with Crippen molar-refractivity contribution in [3.05, 3.63) is 83.5 Å². The van der Waals surface area contributed by atoms with Crippen LogP contribution in [0.2, 0.25) is 0 Å². The second kappa shape index (κ2) is 12.4. The smallest absolute Gasteiger partial charge is 0.252 e. The number of nitrogens with one attached hydrogen (secondary N) is 1. The maximum absolute atomic E-state index is 13.3. The number of hydrogen-bond acceptors (Lipinski definition) is 5. The van der Waals surface area contributed by atoms with Gasteiger partial charge in [-0.05, 0) is 70.0 Å². The predicted octanol–water partition coefficient (Wildman–Crippen LogP) is 5.99. The molecule has 37 heavy (non-hydrogen) atoms. The van der Waals surface area contributed by atoms with E-state index in [2.05, 4.69) is 60.2 Å². The number of aromatic nitrogens is 1. The maximum atomic E-state index is 13.3. The van der Waals surface area contributed by atoms with E-state index in [4.69, 9.17) is 9.72 Å². The van der Waals surface area contributed by atoms with Gasteiger partial charge in [-0.15, -0.1) is 0 Å². The summed E-state index contributed by atoms with van der Waals surface area (Å²) in [5.74, 6) is 1.65. The number of fused-ring (bicyclic) bond motifs is 1. The molecular formula is C31H38N4O2. The zero-order chi connectivity index (χ0) is 26.2. The van der Waals surface area contributed by atoms with Gasteiger partial charge in [0, 0.05) is 43.8 Å². The monoisotopic (exact) mass is 498 g/mol. The SMILES string of the molecule is COc1ccc(N2CCN(c3cc(C(=O)NC/C=C(\C)CCC=C(C)C)c4ccccc4n3)CC2)cc1. The molecule has 6 nitrogen and oxygen atoms in total. The molecule has 2 heterocycles. The molecule has 2 aromatic carbocycles. The van der Waals surface area contributed by atoms with Gasteiger partial charge in [-0.25, -0.2) is 4.98 Å². The van der Waals surface area contributed by atoms with Crippen molar-refractivity contribution < 1.29 is 9.53 Å². The molecule has 4 rings (SSSR count). The van der Waals surface area contributed by atoms with E-state index in [0.29, 0.717) is 12.1 Å². The molecule has 1 aliphatic heterocycles. The minimum absolute atomic E-state index is 0.0648. The maximum Gasteiger partial charge on any atom is 0.252 e. The number of carbonyl (C=O) groups excluding carboxylic acids is 1. The lowest BCUT2D eigenvalue weighted by Crippen LogP contribution is -2.46. The molecule has 1 amide bonds. The molecule has 1 saturated heterocycles. The Balaban J connectivity index is 1.44. The first-order chi connectivity index (χ1) is 17.9. The number of pyridine rings is 1. The average molecular weight is 499 g/mol. The fraction of sp³-hybridized carbons (Fsp3) is 0.355. The van der Waals surface area contributed by atoms with Gasteiger partial charge >= 0.3 is 0 Å². The second-order valence-corrected chi connectivity index (χ2v) is 9.80. The number of methoxy groups -OCH3 is 1. The Kier molecular flexibility index (Phi) is 8.83. The number of allylic oxidation sites excluding steroid dienone is 3. The molecule has 1 N–H and O–H groups in total. The van der Waals surface area contributed by atoms with E-state index in [1.54, 1.807) is 7.11 Å². The van der Waals surface area contributed by atoms with Crippen molar-refractivity contribution >= 4 is 28.3 Å². The van der Waals surface area contributed by atoms with E-state index in [1.165, 1.54) is 16.8 Å². The first kappa shape index (κ1) is 26.3. The topological polar surface area (TPSA) is 57.7 Å². The number of para-hydroxylation sites is 1. The van der Waals surface area contributed by atoms with Crippen LogP contribution in [-0.2, 0) is 0 Å². The highest BCUT2D eigenvalue weighted by molar-refractivity contribution is 6.07. The lowest BCUT2D eigenvalue weighted by molar-refractivity contribution is 0.0959. The summed E-state index contributed by atoms with van der Waals surface area (Å²) in [6.45, 7) is 10.3. The molecule has 194 valence electrons. The van der Waals surface area contributed by atoms with Crippen LogP contribution in [0.15, 0.2) is 77.9 Å². The van der Waals surface area contributed by atoms with Gasteiger partial charge in [0.1, 0.15) is 11.6 Å². The number of ether oxygens (including phenoxy) is 1. The molecule has 0 aliphatic carbocycles. The van der Waals surface area contributed by atoms with Crippen LogP contribution >= 0.6 is 0 Å². The minimum Gasteiger partial charge on any atom is -0.497 e. The molecule has 0 unspecified atom stereocenters. The fourth-order valence-corrected chi connectivity index (χ4v) is 4.60. The lowest BCUT2D eigenvalue weighted by atomic mass is 10.1. The van der Waals surface area contributed by atoms with Gasteiger partial charge in [-0.3, -0.25) is 4.79 Å². The van der Waals surface area contributed by atoms with E-state index >= 15 is 0 Å². The predicted molar refractivity (Wildman–Crippen MR) is 154 cm³/mol. The second-order valence-electron chi connectivity index (χ2n) is 9.80. The van der Waals surface area contributed by atoms with Crippen molar-refractivity contribution in [1.82, 2.24) is 10.3 Å². The van der Waals surface area contributed by atoms with Gasteiger partial charge < -0.3 is 19.9 Å². The van der Waals surface area contributed by atoms with Crippen molar-refractivity contribution in [3.8, 4) is 5.75 Å². The molecule has 1 aromatic heterocycles. The Hall–Kier alpha value is -3.80.